The third-order valence-electron chi connectivity index (χ3n) is 1.95. The van der Waals surface area contributed by atoms with Crippen molar-refractivity contribution < 1.29 is 0 Å². The molecule has 2 aromatic rings. The number of aromatic nitrogens is 1. The van der Waals surface area contributed by atoms with Crippen molar-refractivity contribution >= 4 is 16.5 Å². The topological polar surface area (TPSA) is 45.6 Å². The summed E-state index contributed by atoms with van der Waals surface area (Å²) >= 11 is 1.44. The highest BCUT2D eigenvalue weighted by Crippen LogP contribution is 2.30. The minimum atomic E-state index is 0.601. The monoisotopic (exact) mass is 219 g/mol. The molecular weight excluding hydrogens is 210 g/mol. The minimum absolute atomic E-state index is 0.601. The first-order valence-electron chi connectivity index (χ1n) is 4.39. The van der Waals surface area contributed by atoms with Gasteiger partial charge in [0.05, 0.1) is 10.2 Å². The van der Waals surface area contributed by atoms with Gasteiger partial charge in [-0.15, -0.1) is 4.91 Å². The minimum Gasteiger partial charge on any atom is -0.226 e. The zero-order chi connectivity index (χ0) is 10.7. The van der Waals surface area contributed by atoms with Crippen molar-refractivity contribution in [2.45, 2.75) is 0 Å². The second kappa shape index (κ2) is 4.18. The molecule has 0 unspecified atom stereocenters. The first-order valence-corrected chi connectivity index (χ1v) is 5.21. The molecule has 0 amide bonds. The quantitative estimate of drug-likeness (QED) is 0.589. The number of benzene rings is 1. The van der Waals surface area contributed by atoms with Crippen LogP contribution in [0, 0.1) is 4.91 Å². The zero-order valence-electron chi connectivity index (χ0n) is 8.12. The van der Waals surface area contributed by atoms with Crippen LogP contribution >= 0.6 is 11.3 Å². The van der Waals surface area contributed by atoms with Crippen molar-refractivity contribution in [3.05, 3.63) is 41.4 Å². The zero-order valence-corrected chi connectivity index (χ0v) is 8.94. The lowest BCUT2D eigenvalue weighted by atomic mass is 10.2. The van der Waals surface area contributed by atoms with Gasteiger partial charge < -0.3 is 0 Å². The second-order valence-corrected chi connectivity index (χ2v) is 3.99. The number of thiazole rings is 1. The Hall–Kier alpha value is -1.75. The van der Waals surface area contributed by atoms with Crippen LogP contribution in [0.4, 0.5) is 5.13 Å². The molecule has 0 saturated carbocycles. The van der Waals surface area contributed by atoms with E-state index in [1.54, 1.807) is 13.2 Å². The maximum Gasteiger partial charge on any atom is 0.208 e. The summed E-state index contributed by atoms with van der Waals surface area (Å²) in [5.41, 5.74) is 1.10. The van der Waals surface area contributed by atoms with E-state index in [-0.39, 0.29) is 0 Å². The predicted octanol–water partition coefficient (Wildman–Crippen LogP) is 2.93. The fraction of sp³-hybridized carbons (Fsp3) is 0.100. The molecule has 1 aromatic heterocycles. The Bertz CT molecular complexity index is 455. The Labute approximate surface area is 91.1 Å². The number of hydrogen-bond acceptors (Lipinski definition) is 4. The average Bonchev–Trinajstić information content (AvgIpc) is 2.78. The Balaban J connectivity index is 2.32. The van der Waals surface area contributed by atoms with Crippen molar-refractivity contribution in [3.63, 3.8) is 0 Å². The summed E-state index contributed by atoms with van der Waals surface area (Å²) in [6.07, 6.45) is 1.75. The molecule has 0 fully saturated rings. The molecule has 0 N–H and O–H groups in total. The van der Waals surface area contributed by atoms with Crippen molar-refractivity contribution in [1.29, 1.82) is 0 Å². The van der Waals surface area contributed by atoms with E-state index in [1.165, 1.54) is 16.3 Å². The Kier molecular flexibility index (Phi) is 2.73. The van der Waals surface area contributed by atoms with Crippen LogP contribution in [0.25, 0.3) is 10.4 Å². The van der Waals surface area contributed by atoms with Gasteiger partial charge in [-0.25, -0.2) is 9.99 Å². The fourth-order valence-electron chi connectivity index (χ4n) is 1.19. The molecule has 0 aliphatic carbocycles. The highest BCUT2D eigenvalue weighted by Gasteiger charge is 2.07. The van der Waals surface area contributed by atoms with E-state index in [0.717, 1.165) is 10.4 Å². The molecule has 76 valence electrons. The van der Waals surface area contributed by atoms with Gasteiger partial charge in [-0.05, 0) is 5.56 Å². The molecule has 5 heteroatoms. The second-order valence-electron chi connectivity index (χ2n) is 2.98. The number of hydrogen-bond donors (Lipinski definition) is 0. The first kappa shape index (κ1) is 9.79. The summed E-state index contributed by atoms with van der Waals surface area (Å²) in [4.78, 5) is 15.4. The van der Waals surface area contributed by atoms with Gasteiger partial charge in [0.2, 0.25) is 5.13 Å². The molecule has 15 heavy (non-hydrogen) atoms. The molecule has 0 bridgehead atoms. The fourth-order valence-corrected chi connectivity index (χ4v) is 2.01. The van der Waals surface area contributed by atoms with Gasteiger partial charge in [-0.3, -0.25) is 0 Å². The molecule has 0 saturated heterocycles. The molecule has 4 nitrogen and oxygen atoms in total. The smallest absolute Gasteiger partial charge is 0.208 e. The van der Waals surface area contributed by atoms with Crippen molar-refractivity contribution in [3.8, 4) is 10.4 Å². The lowest BCUT2D eigenvalue weighted by Gasteiger charge is -2.00. The van der Waals surface area contributed by atoms with Crippen LogP contribution in [-0.4, -0.2) is 12.0 Å². The SMILES string of the molecule is CN(N=O)c1ncc(-c2ccccc2)s1. The lowest BCUT2D eigenvalue weighted by molar-refractivity contribution is 0.991. The summed E-state index contributed by atoms with van der Waals surface area (Å²) in [5.74, 6) is 0. The average molecular weight is 219 g/mol. The van der Waals surface area contributed by atoms with Crippen LogP contribution < -0.4 is 5.01 Å². The van der Waals surface area contributed by atoms with Crippen LogP contribution in [-0.2, 0) is 0 Å². The summed E-state index contributed by atoms with van der Waals surface area (Å²) < 4.78 is 0. The molecule has 0 spiro atoms. The maximum atomic E-state index is 10.3. The number of nitroso groups, excluding NO2 is 1. The summed E-state index contributed by atoms with van der Waals surface area (Å²) in [6, 6.07) is 9.91. The first-order chi connectivity index (χ1) is 7.31. The molecule has 0 atom stereocenters. The molecule has 0 radical (unpaired) electrons. The van der Waals surface area contributed by atoms with E-state index >= 15 is 0 Å². The number of rotatable bonds is 3. The largest absolute Gasteiger partial charge is 0.226 e. The molecule has 0 aliphatic heterocycles. The van der Waals surface area contributed by atoms with Gasteiger partial charge in [0.25, 0.3) is 0 Å². The molecule has 0 aliphatic rings. The predicted molar refractivity (Wildman–Crippen MR) is 61.7 cm³/mol. The third-order valence-corrected chi connectivity index (χ3v) is 3.06. The lowest BCUT2D eigenvalue weighted by Crippen LogP contribution is -2.05. The molecular formula is C10H9N3OS. The highest BCUT2D eigenvalue weighted by molar-refractivity contribution is 7.18. The van der Waals surface area contributed by atoms with Crippen LogP contribution in [0.3, 0.4) is 0 Å². The van der Waals surface area contributed by atoms with Crippen LogP contribution in [0.15, 0.2) is 41.8 Å². The maximum absolute atomic E-state index is 10.3. The van der Waals surface area contributed by atoms with Crippen LogP contribution in [0.5, 0.6) is 0 Å². The van der Waals surface area contributed by atoms with Gasteiger partial charge in [0, 0.05) is 13.2 Å². The number of nitrogens with zero attached hydrogens (tertiary/aromatic N) is 3. The van der Waals surface area contributed by atoms with Crippen molar-refractivity contribution in [1.82, 2.24) is 4.98 Å². The Morgan fingerprint density at radius 2 is 2.07 bits per heavy atom. The summed E-state index contributed by atoms with van der Waals surface area (Å²) in [7, 11) is 1.58. The number of anilines is 1. The van der Waals surface area contributed by atoms with Crippen molar-refractivity contribution in [2.75, 3.05) is 12.1 Å². The van der Waals surface area contributed by atoms with Crippen molar-refractivity contribution in [2.24, 2.45) is 5.29 Å². The van der Waals surface area contributed by atoms with Crippen LogP contribution in [0.1, 0.15) is 0 Å². The van der Waals surface area contributed by atoms with Gasteiger partial charge in [0.1, 0.15) is 0 Å². The van der Waals surface area contributed by atoms with Gasteiger partial charge in [-0.1, -0.05) is 41.7 Å². The van der Waals surface area contributed by atoms with Gasteiger partial charge >= 0.3 is 0 Å². The third kappa shape index (κ3) is 2.02. The summed E-state index contributed by atoms with van der Waals surface area (Å²) in [6.45, 7) is 0. The molecule has 1 aromatic carbocycles. The summed E-state index contributed by atoms with van der Waals surface area (Å²) in [5, 5.41) is 4.62. The van der Waals surface area contributed by atoms with E-state index in [0.29, 0.717) is 5.13 Å². The van der Waals surface area contributed by atoms with Gasteiger partial charge in [-0.2, -0.15) is 0 Å². The van der Waals surface area contributed by atoms with E-state index in [4.69, 9.17) is 0 Å². The molecule has 2 rings (SSSR count). The van der Waals surface area contributed by atoms with Gasteiger partial charge in [0.15, 0.2) is 0 Å². The normalized spacial score (nSPS) is 9.93. The molecule has 1 heterocycles. The van der Waals surface area contributed by atoms with E-state index in [9.17, 15) is 4.91 Å². The Morgan fingerprint density at radius 3 is 2.73 bits per heavy atom. The highest BCUT2D eigenvalue weighted by atomic mass is 32.1. The van der Waals surface area contributed by atoms with Crippen LogP contribution in [0.2, 0.25) is 0 Å². The van der Waals surface area contributed by atoms with E-state index < -0.39 is 0 Å². The van der Waals surface area contributed by atoms with E-state index in [2.05, 4.69) is 10.3 Å². The van der Waals surface area contributed by atoms with E-state index in [1.807, 2.05) is 30.3 Å². The Morgan fingerprint density at radius 1 is 1.33 bits per heavy atom. The standard InChI is InChI=1S/C10H9N3OS/c1-13(12-14)10-11-7-9(15-10)8-5-3-2-4-6-8/h2-7H,1H3.